The van der Waals surface area contributed by atoms with Gasteiger partial charge in [-0.2, -0.15) is 0 Å². The summed E-state index contributed by atoms with van der Waals surface area (Å²) in [4.78, 5) is 0. The first kappa shape index (κ1) is 14.4. The van der Waals surface area contributed by atoms with Gasteiger partial charge >= 0.3 is 0 Å². The van der Waals surface area contributed by atoms with Gasteiger partial charge < -0.3 is 10.4 Å². The van der Waals surface area contributed by atoms with E-state index in [2.05, 4.69) is 5.32 Å². The molecule has 1 aromatic rings. The molecule has 2 rings (SSSR count). The molecule has 106 valence electrons. The zero-order valence-electron chi connectivity index (χ0n) is 10.5. The van der Waals surface area contributed by atoms with E-state index in [4.69, 9.17) is 0 Å². The molecule has 2 unspecified atom stereocenters. The summed E-state index contributed by atoms with van der Waals surface area (Å²) < 4.78 is 35.7. The van der Waals surface area contributed by atoms with Crippen molar-refractivity contribution in [3.8, 4) is 0 Å². The maximum absolute atomic E-state index is 12.7. The average molecular weight is 287 g/mol. The first-order valence-corrected chi connectivity index (χ1v) is 8.16. The van der Waals surface area contributed by atoms with Crippen molar-refractivity contribution >= 4 is 9.84 Å². The van der Waals surface area contributed by atoms with Crippen molar-refractivity contribution in [2.75, 3.05) is 18.1 Å². The zero-order valence-corrected chi connectivity index (χ0v) is 11.4. The molecule has 0 radical (unpaired) electrons. The summed E-state index contributed by atoms with van der Waals surface area (Å²) in [5, 5.41) is 13.0. The molecule has 0 spiro atoms. The third kappa shape index (κ3) is 4.26. The first-order chi connectivity index (χ1) is 8.96. The van der Waals surface area contributed by atoms with E-state index in [1.54, 1.807) is 0 Å². The van der Waals surface area contributed by atoms with Gasteiger partial charge in [0.05, 0.1) is 17.6 Å². The summed E-state index contributed by atoms with van der Waals surface area (Å²) in [5.41, 5.74) is 0.618. The van der Waals surface area contributed by atoms with Crippen LogP contribution in [0.4, 0.5) is 4.39 Å². The summed E-state index contributed by atoms with van der Waals surface area (Å²) in [6, 6.07) is 5.54. The predicted molar refractivity (Wildman–Crippen MR) is 71.0 cm³/mol. The van der Waals surface area contributed by atoms with Crippen LogP contribution in [0.2, 0.25) is 0 Å². The number of halogens is 1. The number of sulfone groups is 1. The van der Waals surface area contributed by atoms with Crippen LogP contribution in [0.15, 0.2) is 24.3 Å². The molecule has 6 heteroatoms. The number of hydrogen-bond acceptors (Lipinski definition) is 4. The Morgan fingerprint density at radius 2 is 2.05 bits per heavy atom. The minimum Gasteiger partial charge on any atom is -0.387 e. The van der Waals surface area contributed by atoms with E-state index in [1.807, 2.05) is 0 Å². The van der Waals surface area contributed by atoms with Crippen LogP contribution in [0.25, 0.3) is 0 Å². The van der Waals surface area contributed by atoms with E-state index in [9.17, 15) is 17.9 Å². The van der Waals surface area contributed by atoms with E-state index in [0.29, 0.717) is 12.0 Å². The lowest BCUT2D eigenvalue weighted by atomic mass is 10.1. The third-order valence-electron chi connectivity index (χ3n) is 3.32. The average Bonchev–Trinajstić information content (AvgIpc) is 2.36. The van der Waals surface area contributed by atoms with Gasteiger partial charge in [0, 0.05) is 12.6 Å². The lowest BCUT2D eigenvalue weighted by Gasteiger charge is -2.24. The number of aliphatic hydroxyl groups excluding tert-OH is 1. The van der Waals surface area contributed by atoms with E-state index in [-0.39, 0.29) is 29.9 Å². The van der Waals surface area contributed by atoms with Gasteiger partial charge in [-0.3, -0.25) is 0 Å². The Morgan fingerprint density at radius 3 is 2.68 bits per heavy atom. The normalized spacial score (nSPS) is 24.0. The minimum absolute atomic E-state index is 0.103. The molecule has 0 aliphatic carbocycles. The smallest absolute Gasteiger partial charge is 0.151 e. The van der Waals surface area contributed by atoms with Crippen LogP contribution in [0.5, 0.6) is 0 Å². The van der Waals surface area contributed by atoms with Crippen LogP contribution in [-0.4, -0.2) is 37.6 Å². The van der Waals surface area contributed by atoms with Gasteiger partial charge in [0.15, 0.2) is 9.84 Å². The van der Waals surface area contributed by atoms with Gasteiger partial charge in [0.2, 0.25) is 0 Å². The molecule has 0 aromatic heterocycles. The summed E-state index contributed by atoms with van der Waals surface area (Å²) in [6.07, 6.45) is 0.701. The largest absolute Gasteiger partial charge is 0.387 e. The fraction of sp³-hybridized carbons (Fsp3) is 0.538. The van der Waals surface area contributed by atoms with Gasteiger partial charge in [-0.25, -0.2) is 12.8 Å². The highest BCUT2D eigenvalue weighted by atomic mass is 32.2. The van der Waals surface area contributed by atoms with E-state index >= 15 is 0 Å². The Kier molecular flexibility index (Phi) is 4.54. The quantitative estimate of drug-likeness (QED) is 0.868. The Balaban J connectivity index is 1.86. The van der Waals surface area contributed by atoms with Crippen molar-refractivity contribution in [3.05, 3.63) is 35.6 Å². The molecule has 1 aliphatic rings. The molecule has 1 fully saturated rings. The van der Waals surface area contributed by atoms with Crippen molar-refractivity contribution in [3.63, 3.8) is 0 Å². The number of rotatable bonds is 4. The molecule has 1 saturated heterocycles. The Bertz CT molecular complexity index is 515. The van der Waals surface area contributed by atoms with Crippen molar-refractivity contribution in [1.82, 2.24) is 5.32 Å². The van der Waals surface area contributed by atoms with E-state index in [0.717, 1.165) is 6.42 Å². The molecule has 1 heterocycles. The number of nitrogens with one attached hydrogen (secondary N) is 1. The fourth-order valence-corrected chi connectivity index (χ4v) is 3.94. The maximum Gasteiger partial charge on any atom is 0.151 e. The van der Waals surface area contributed by atoms with Gasteiger partial charge in [0.25, 0.3) is 0 Å². The number of benzene rings is 1. The van der Waals surface area contributed by atoms with Crippen LogP contribution < -0.4 is 5.32 Å². The second-order valence-corrected chi connectivity index (χ2v) is 7.16. The Hall–Kier alpha value is -0.980. The van der Waals surface area contributed by atoms with Crippen LogP contribution in [0.3, 0.4) is 0 Å². The van der Waals surface area contributed by atoms with Crippen molar-refractivity contribution < 1.29 is 17.9 Å². The molecule has 0 amide bonds. The van der Waals surface area contributed by atoms with Crippen LogP contribution >= 0.6 is 0 Å². The summed E-state index contributed by atoms with van der Waals surface area (Å²) in [5.74, 6) is 0.0387. The van der Waals surface area contributed by atoms with Crippen LogP contribution in [0, 0.1) is 5.82 Å². The van der Waals surface area contributed by atoms with Gasteiger partial charge in [-0.15, -0.1) is 0 Å². The Morgan fingerprint density at radius 1 is 1.37 bits per heavy atom. The molecule has 1 aliphatic heterocycles. The van der Waals surface area contributed by atoms with Crippen molar-refractivity contribution in [2.24, 2.45) is 0 Å². The second-order valence-electron chi connectivity index (χ2n) is 4.93. The highest BCUT2D eigenvalue weighted by Gasteiger charge is 2.24. The molecule has 19 heavy (non-hydrogen) atoms. The van der Waals surface area contributed by atoms with Crippen molar-refractivity contribution in [1.29, 1.82) is 0 Å². The van der Waals surface area contributed by atoms with Crippen LogP contribution in [0.1, 0.15) is 24.5 Å². The van der Waals surface area contributed by atoms with Crippen molar-refractivity contribution in [2.45, 2.75) is 25.0 Å². The minimum atomic E-state index is -2.94. The third-order valence-corrected chi connectivity index (χ3v) is 5.14. The standard InChI is InChI=1S/C13H18FNO3S/c14-11-5-3-10(4-6-11)13(16)8-15-12-2-1-7-19(17,18)9-12/h3-6,12-13,15-16H,1-2,7-9H2. The monoisotopic (exact) mass is 287 g/mol. The van der Waals surface area contributed by atoms with Gasteiger partial charge in [-0.05, 0) is 30.5 Å². The topological polar surface area (TPSA) is 66.4 Å². The molecule has 0 bridgehead atoms. The van der Waals surface area contributed by atoms with E-state index < -0.39 is 15.9 Å². The molecule has 2 N–H and O–H groups in total. The lowest BCUT2D eigenvalue weighted by molar-refractivity contribution is 0.169. The van der Waals surface area contributed by atoms with Crippen LogP contribution in [-0.2, 0) is 9.84 Å². The molecule has 1 aromatic carbocycles. The molecular weight excluding hydrogens is 269 g/mol. The molecule has 4 nitrogen and oxygen atoms in total. The number of aliphatic hydroxyl groups is 1. The van der Waals surface area contributed by atoms with Gasteiger partial charge in [0.1, 0.15) is 5.82 Å². The maximum atomic E-state index is 12.7. The summed E-state index contributed by atoms with van der Waals surface area (Å²) in [7, 11) is -2.94. The lowest BCUT2D eigenvalue weighted by Crippen LogP contribution is -2.41. The molecule has 2 atom stereocenters. The number of hydrogen-bond donors (Lipinski definition) is 2. The SMILES string of the molecule is O=S1(=O)CCCC(NCC(O)c2ccc(F)cc2)C1. The summed E-state index contributed by atoms with van der Waals surface area (Å²) >= 11 is 0. The first-order valence-electron chi connectivity index (χ1n) is 6.33. The fourth-order valence-electron chi connectivity index (χ4n) is 2.26. The highest BCUT2D eigenvalue weighted by Crippen LogP contribution is 2.15. The molecule has 0 saturated carbocycles. The highest BCUT2D eigenvalue weighted by molar-refractivity contribution is 7.91. The molecular formula is C13H18FNO3S. The Labute approximate surface area is 112 Å². The second kappa shape index (κ2) is 5.98. The van der Waals surface area contributed by atoms with E-state index in [1.165, 1.54) is 24.3 Å². The zero-order chi connectivity index (χ0) is 13.9. The predicted octanol–water partition coefficient (Wildman–Crippen LogP) is 1.03. The summed E-state index contributed by atoms with van der Waals surface area (Å²) in [6.45, 7) is 0.270. The van der Waals surface area contributed by atoms with Gasteiger partial charge in [-0.1, -0.05) is 12.1 Å².